The van der Waals surface area contributed by atoms with Crippen LogP contribution >= 0.6 is 11.6 Å². The molecular weight excluding hydrogens is 230 g/mol. The second-order valence-corrected chi connectivity index (χ2v) is 4.44. The molecule has 16 heavy (non-hydrogen) atoms. The molecule has 1 saturated carbocycles. The molecule has 0 atom stereocenters. The predicted molar refractivity (Wildman–Crippen MR) is 61.7 cm³/mol. The van der Waals surface area contributed by atoms with Crippen molar-refractivity contribution in [1.29, 1.82) is 0 Å². The molecule has 0 aromatic heterocycles. The van der Waals surface area contributed by atoms with E-state index in [9.17, 15) is 9.59 Å². The van der Waals surface area contributed by atoms with Gasteiger partial charge in [0.15, 0.2) is 5.78 Å². The number of carbonyl (C=O) groups excluding carboxylic acids is 2. The molecule has 0 aliphatic heterocycles. The number of alkyl carbamates (subject to hydrolysis) is 1. The van der Waals surface area contributed by atoms with E-state index in [0.717, 1.165) is 25.7 Å². The minimum Gasteiger partial charge on any atom is -0.453 e. The van der Waals surface area contributed by atoms with Gasteiger partial charge in [-0.1, -0.05) is 25.7 Å². The highest BCUT2D eigenvalue weighted by Crippen LogP contribution is 2.28. The van der Waals surface area contributed by atoms with Crippen molar-refractivity contribution in [3.63, 3.8) is 0 Å². The van der Waals surface area contributed by atoms with Gasteiger partial charge in [-0.25, -0.2) is 4.79 Å². The second kappa shape index (κ2) is 6.09. The first kappa shape index (κ1) is 13.3. The van der Waals surface area contributed by atoms with Crippen molar-refractivity contribution >= 4 is 23.5 Å². The number of methoxy groups -OCH3 is 1. The standard InChI is InChI=1S/C11H18ClNO3/c1-16-10(15)13-11(9(14)8-12)6-4-2-3-5-7-11/h2-8H2,1H3,(H,13,15). The van der Waals surface area contributed by atoms with Crippen LogP contribution in [0.3, 0.4) is 0 Å². The molecule has 1 amide bonds. The Morgan fingerprint density at radius 2 is 1.81 bits per heavy atom. The van der Waals surface area contributed by atoms with Gasteiger partial charge in [0.2, 0.25) is 0 Å². The van der Waals surface area contributed by atoms with Crippen molar-refractivity contribution < 1.29 is 14.3 Å². The molecule has 0 unspecified atom stereocenters. The van der Waals surface area contributed by atoms with Crippen LogP contribution in [0.4, 0.5) is 4.79 Å². The first-order chi connectivity index (χ1) is 7.64. The van der Waals surface area contributed by atoms with Gasteiger partial charge in [-0.3, -0.25) is 4.79 Å². The fourth-order valence-electron chi connectivity index (χ4n) is 2.18. The average Bonchev–Trinajstić information content (AvgIpc) is 2.54. The third kappa shape index (κ3) is 3.11. The molecular formula is C11H18ClNO3. The first-order valence-corrected chi connectivity index (χ1v) is 6.13. The van der Waals surface area contributed by atoms with E-state index in [1.165, 1.54) is 7.11 Å². The number of ether oxygens (including phenoxy) is 1. The Bertz CT molecular complexity index is 260. The Hall–Kier alpha value is -0.770. The van der Waals surface area contributed by atoms with E-state index in [2.05, 4.69) is 10.1 Å². The number of hydrogen-bond acceptors (Lipinski definition) is 3. The lowest BCUT2D eigenvalue weighted by molar-refractivity contribution is -0.123. The fraction of sp³-hybridized carbons (Fsp3) is 0.818. The Morgan fingerprint density at radius 3 is 2.25 bits per heavy atom. The van der Waals surface area contributed by atoms with Gasteiger partial charge in [0.05, 0.1) is 13.0 Å². The van der Waals surface area contributed by atoms with Gasteiger partial charge in [0, 0.05) is 0 Å². The smallest absolute Gasteiger partial charge is 0.407 e. The maximum absolute atomic E-state index is 11.9. The molecule has 4 nitrogen and oxygen atoms in total. The number of Topliss-reactive ketones (excluding diaryl/α,β-unsaturated/α-hetero) is 1. The van der Waals surface area contributed by atoms with Crippen LogP contribution in [0.2, 0.25) is 0 Å². The van der Waals surface area contributed by atoms with E-state index >= 15 is 0 Å². The topological polar surface area (TPSA) is 55.4 Å². The summed E-state index contributed by atoms with van der Waals surface area (Å²) in [5.41, 5.74) is -0.800. The summed E-state index contributed by atoms with van der Waals surface area (Å²) in [7, 11) is 1.30. The number of nitrogens with one attached hydrogen (secondary N) is 1. The van der Waals surface area contributed by atoms with E-state index in [1.54, 1.807) is 0 Å². The third-order valence-electron chi connectivity index (χ3n) is 3.14. The van der Waals surface area contributed by atoms with Crippen molar-refractivity contribution in [3.8, 4) is 0 Å². The minimum absolute atomic E-state index is 0.0655. The van der Waals surface area contributed by atoms with E-state index in [4.69, 9.17) is 11.6 Å². The zero-order chi connectivity index (χ0) is 12.0. The molecule has 0 saturated heterocycles. The highest BCUT2D eigenvalue weighted by molar-refractivity contribution is 6.29. The van der Waals surface area contributed by atoms with Crippen LogP contribution in [0.5, 0.6) is 0 Å². The molecule has 0 bridgehead atoms. The molecule has 0 heterocycles. The Balaban J connectivity index is 2.81. The predicted octanol–water partition coefficient (Wildman–Crippen LogP) is 2.24. The van der Waals surface area contributed by atoms with Crippen molar-refractivity contribution in [3.05, 3.63) is 0 Å². The summed E-state index contributed by atoms with van der Waals surface area (Å²) < 4.78 is 4.57. The summed E-state index contributed by atoms with van der Waals surface area (Å²) in [5.74, 6) is -0.175. The van der Waals surface area contributed by atoms with Crippen LogP contribution in [-0.2, 0) is 9.53 Å². The molecule has 5 heteroatoms. The summed E-state index contributed by atoms with van der Waals surface area (Å²) >= 11 is 5.61. The van der Waals surface area contributed by atoms with E-state index < -0.39 is 11.6 Å². The van der Waals surface area contributed by atoms with Gasteiger partial charge in [0.1, 0.15) is 5.54 Å². The summed E-state index contributed by atoms with van der Waals surface area (Å²) in [6.07, 6.45) is 4.83. The van der Waals surface area contributed by atoms with Gasteiger partial charge < -0.3 is 10.1 Å². The van der Waals surface area contributed by atoms with Gasteiger partial charge in [-0.05, 0) is 12.8 Å². The molecule has 1 aliphatic rings. The average molecular weight is 248 g/mol. The summed E-state index contributed by atoms with van der Waals surface area (Å²) in [4.78, 5) is 23.2. The van der Waals surface area contributed by atoms with E-state index in [0.29, 0.717) is 12.8 Å². The number of carbonyl (C=O) groups is 2. The Kier molecular flexibility index (Phi) is 5.06. The fourth-order valence-corrected chi connectivity index (χ4v) is 2.44. The Labute approximate surface area is 101 Å². The lowest BCUT2D eigenvalue weighted by atomic mass is 9.86. The van der Waals surface area contributed by atoms with Gasteiger partial charge in [-0.2, -0.15) is 0 Å². The Morgan fingerprint density at radius 1 is 1.25 bits per heavy atom. The summed E-state index contributed by atoms with van der Waals surface area (Å²) in [5, 5.41) is 2.68. The van der Waals surface area contributed by atoms with Crippen LogP contribution in [0, 0.1) is 0 Å². The normalized spacial score (nSPS) is 19.6. The number of alkyl halides is 1. The molecule has 1 aliphatic carbocycles. The highest BCUT2D eigenvalue weighted by atomic mass is 35.5. The van der Waals surface area contributed by atoms with Gasteiger partial charge >= 0.3 is 6.09 Å². The molecule has 0 aromatic rings. The van der Waals surface area contributed by atoms with E-state index in [-0.39, 0.29) is 11.7 Å². The summed E-state index contributed by atoms with van der Waals surface area (Å²) in [6, 6.07) is 0. The monoisotopic (exact) mass is 247 g/mol. The second-order valence-electron chi connectivity index (χ2n) is 4.17. The quantitative estimate of drug-likeness (QED) is 0.615. The van der Waals surface area contributed by atoms with Crippen LogP contribution in [0.25, 0.3) is 0 Å². The maximum Gasteiger partial charge on any atom is 0.407 e. The number of rotatable bonds is 3. The molecule has 92 valence electrons. The van der Waals surface area contributed by atoms with Crippen molar-refractivity contribution in [2.45, 2.75) is 44.1 Å². The van der Waals surface area contributed by atoms with Crippen molar-refractivity contribution in [1.82, 2.24) is 5.32 Å². The molecule has 0 aromatic carbocycles. The van der Waals surface area contributed by atoms with Crippen LogP contribution in [0.15, 0.2) is 0 Å². The molecule has 1 fully saturated rings. The van der Waals surface area contributed by atoms with Crippen molar-refractivity contribution in [2.24, 2.45) is 0 Å². The van der Waals surface area contributed by atoms with E-state index in [1.807, 2.05) is 0 Å². The largest absolute Gasteiger partial charge is 0.453 e. The third-order valence-corrected chi connectivity index (χ3v) is 3.38. The summed E-state index contributed by atoms with van der Waals surface area (Å²) in [6.45, 7) is 0. The lowest BCUT2D eigenvalue weighted by Crippen LogP contribution is -2.54. The molecule has 0 spiro atoms. The SMILES string of the molecule is COC(=O)NC1(C(=O)CCl)CCCCCC1. The van der Waals surface area contributed by atoms with Gasteiger partial charge in [0.25, 0.3) is 0 Å². The molecule has 1 rings (SSSR count). The highest BCUT2D eigenvalue weighted by Gasteiger charge is 2.39. The maximum atomic E-state index is 11.9. The molecule has 0 radical (unpaired) electrons. The van der Waals surface area contributed by atoms with Crippen LogP contribution < -0.4 is 5.32 Å². The number of halogens is 1. The number of amides is 1. The zero-order valence-electron chi connectivity index (χ0n) is 9.55. The van der Waals surface area contributed by atoms with Gasteiger partial charge in [-0.15, -0.1) is 11.6 Å². The molecule has 1 N–H and O–H groups in total. The zero-order valence-corrected chi connectivity index (χ0v) is 10.3. The van der Waals surface area contributed by atoms with Crippen LogP contribution in [-0.4, -0.2) is 30.4 Å². The minimum atomic E-state index is -0.800. The van der Waals surface area contributed by atoms with Crippen molar-refractivity contribution in [2.75, 3.05) is 13.0 Å². The first-order valence-electron chi connectivity index (χ1n) is 5.60. The number of hydrogen-bond donors (Lipinski definition) is 1. The van der Waals surface area contributed by atoms with Crippen LogP contribution in [0.1, 0.15) is 38.5 Å². The number of ketones is 1. The lowest BCUT2D eigenvalue weighted by Gasteiger charge is -2.31.